The molecule has 5 heteroatoms. The van der Waals surface area contributed by atoms with Gasteiger partial charge < -0.3 is 0 Å². The van der Waals surface area contributed by atoms with Gasteiger partial charge in [0.1, 0.15) is 5.82 Å². The number of ketones is 1. The molecule has 0 aliphatic heterocycles. The van der Waals surface area contributed by atoms with E-state index in [1.165, 1.54) is 12.1 Å². The van der Waals surface area contributed by atoms with Gasteiger partial charge in [0.25, 0.3) is 0 Å². The minimum absolute atomic E-state index is 0.267. The normalized spacial score (nSPS) is 23.1. The van der Waals surface area contributed by atoms with Crippen molar-refractivity contribution < 1.29 is 22.4 Å². The fourth-order valence-electron chi connectivity index (χ4n) is 2.70. The number of Topliss-reactive ketones (excluding diaryl/α,β-unsaturated/α-hetero) is 1. The highest BCUT2D eigenvalue weighted by molar-refractivity contribution is 6.07. The molecule has 2 aromatic rings. The fourth-order valence-corrected chi connectivity index (χ4v) is 2.70. The molecule has 0 fully saturated rings. The van der Waals surface area contributed by atoms with Gasteiger partial charge in [-0.25, -0.2) is 8.78 Å². The number of alkyl halides is 3. The zero-order valence-electron chi connectivity index (χ0n) is 10.7. The highest BCUT2D eigenvalue weighted by Crippen LogP contribution is 2.53. The van der Waals surface area contributed by atoms with E-state index >= 15 is 4.39 Å². The fraction of sp³-hybridized carbons (Fsp3) is 0.188. The summed E-state index contributed by atoms with van der Waals surface area (Å²) in [6.07, 6.45) is -0.763. The Labute approximate surface area is 118 Å². The third kappa shape index (κ3) is 1.80. The lowest BCUT2D eigenvalue weighted by atomic mass is 9.88. The molecule has 1 aliphatic rings. The molecule has 0 amide bonds. The molecule has 1 nitrogen and oxygen atoms in total. The van der Waals surface area contributed by atoms with Gasteiger partial charge in [-0.3, -0.25) is 4.79 Å². The van der Waals surface area contributed by atoms with Gasteiger partial charge in [0, 0.05) is 17.5 Å². The number of halogens is 4. The monoisotopic (exact) mass is 294 g/mol. The van der Waals surface area contributed by atoms with Crippen molar-refractivity contribution in [1.29, 1.82) is 0 Å². The van der Waals surface area contributed by atoms with Gasteiger partial charge in [0.15, 0.2) is 0 Å². The van der Waals surface area contributed by atoms with E-state index in [1.54, 1.807) is 18.2 Å². The number of benzene rings is 2. The maximum atomic E-state index is 15.1. The number of carbonyl (C=O) groups excluding carboxylic acids is 1. The predicted molar refractivity (Wildman–Crippen MR) is 68.6 cm³/mol. The second kappa shape index (κ2) is 4.41. The number of fused-ring (bicyclic) bond motifs is 1. The Morgan fingerprint density at radius 2 is 1.57 bits per heavy atom. The lowest BCUT2D eigenvalue weighted by Gasteiger charge is -2.27. The van der Waals surface area contributed by atoms with E-state index in [4.69, 9.17) is 0 Å². The molecule has 0 aromatic heterocycles. The number of hydrogen-bond donors (Lipinski definition) is 0. The Hall–Kier alpha value is -2.17. The second-order valence-corrected chi connectivity index (χ2v) is 5.03. The molecule has 1 unspecified atom stereocenters. The molecule has 108 valence electrons. The van der Waals surface area contributed by atoms with Crippen LogP contribution in [0.25, 0.3) is 0 Å². The van der Waals surface area contributed by atoms with E-state index in [0.717, 1.165) is 18.2 Å². The maximum Gasteiger partial charge on any atom is 0.347 e. The first-order chi connectivity index (χ1) is 9.88. The maximum absolute atomic E-state index is 15.1. The Morgan fingerprint density at radius 3 is 2.24 bits per heavy atom. The average molecular weight is 294 g/mol. The standard InChI is InChI=1S/C16H10F4O/c17-12-8-4-7-11-13(12)15(18,16(19,20)14(11)21)9-10-5-2-1-3-6-10/h1-8H,9H2. The molecule has 0 bridgehead atoms. The molecule has 3 rings (SSSR count). The third-order valence-electron chi connectivity index (χ3n) is 3.73. The van der Waals surface area contributed by atoms with Gasteiger partial charge in [0.2, 0.25) is 11.5 Å². The van der Waals surface area contributed by atoms with Crippen LogP contribution in [0.2, 0.25) is 0 Å². The quantitative estimate of drug-likeness (QED) is 0.763. The minimum atomic E-state index is -4.28. The topological polar surface area (TPSA) is 17.1 Å². The first kappa shape index (κ1) is 13.8. The van der Waals surface area contributed by atoms with E-state index < -0.39 is 40.7 Å². The van der Waals surface area contributed by atoms with E-state index in [2.05, 4.69) is 0 Å². The van der Waals surface area contributed by atoms with E-state index in [1.807, 2.05) is 0 Å². The molecule has 0 heterocycles. The van der Waals surface area contributed by atoms with Crippen molar-refractivity contribution >= 4 is 5.78 Å². The molecule has 21 heavy (non-hydrogen) atoms. The van der Waals surface area contributed by atoms with Crippen LogP contribution in [-0.2, 0) is 12.1 Å². The summed E-state index contributed by atoms with van der Waals surface area (Å²) < 4.78 is 57.3. The molecule has 1 atom stereocenters. The Morgan fingerprint density at radius 1 is 0.905 bits per heavy atom. The van der Waals surface area contributed by atoms with Gasteiger partial charge in [-0.15, -0.1) is 0 Å². The van der Waals surface area contributed by atoms with E-state index in [0.29, 0.717) is 0 Å². The first-order valence-electron chi connectivity index (χ1n) is 6.32. The van der Waals surface area contributed by atoms with Crippen LogP contribution in [0.4, 0.5) is 17.6 Å². The minimum Gasteiger partial charge on any atom is -0.287 e. The van der Waals surface area contributed by atoms with Crippen LogP contribution < -0.4 is 0 Å². The van der Waals surface area contributed by atoms with E-state index in [9.17, 15) is 18.0 Å². The van der Waals surface area contributed by atoms with Crippen molar-refractivity contribution in [2.24, 2.45) is 0 Å². The summed E-state index contributed by atoms with van der Waals surface area (Å²) in [5.41, 5.74) is -4.53. The highest BCUT2D eigenvalue weighted by Gasteiger charge is 2.68. The van der Waals surface area contributed by atoms with Crippen LogP contribution in [0.3, 0.4) is 0 Å². The second-order valence-electron chi connectivity index (χ2n) is 5.03. The van der Waals surface area contributed by atoms with Crippen molar-refractivity contribution in [3.05, 3.63) is 71.0 Å². The molecule has 2 aromatic carbocycles. The van der Waals surface area contributed by atoms with Crippen molar-refractivity contribution in [3.63, 3.8) is 0 Å². The zero-order valence-corrected chi connectivity index (χ0v) is 10.7. The Kier molecular flexibility index (Phi) is 2.90. The Balaban J connectivity index is 2.19. The lowest BCUT2D eigenvalue weighted by Crippen LogP contribution is -2.43. The smallest absolute Gasteiger partial charge is 0.287 e. The summed E-state index contributed by atoms with van der Waals surface area (Å²) in [5.74, 6) is -7.08. The van der Waals surface area contributed by atoms with Crippen molar-refractivity contribution in [1.82, 2.24) is 0 Å². The molecule has 0 saturated heterocycles. The van der Waals surface area contributed by atoms with Crippen LogP contribution in [0.1, 0.15) is 21.5 Å². The summed E-state index contributed by atoms with van der Waals surface area (Å²) in [6, 6.07) is 10.7. The molecule has 0 radical (unpaired) electrons. The van der Waals surface area contributed by atoms with Crippen LogP contribution in [0.5, 0.6) is 0 Å². The summed E-state index contributed by atoms with van der Waals surface area (Å²) >= 11 is 0. The van der Waals surface area contributed by atoms with Gasteiger partial charge in [0.05, 0.1) is 0 Å². The van der Waals surface area contributed by atoms with Crippen LogP contribution in [-0.4, -0.2) is 11.7 Å². The average Bonchev–Trinajstić information content (AvgIpc) is 2.60. The molecule has 0 spiro atoms. The van der Waals surface area contributed by atoms with Crippen LogP contribution in [0.15, 0.2) is 48.5 Å². The molecule has 1 aliphatic carbocycles. The lowest BCUT2D eigenvalue weighted by molar-refractivity contribution is -0.101. The summed E-state index contributed by atoms with van der Waals surface area (Å²) in [6.45, 7) is 0. The number of rotatable bonds is 2. The summed E-state index contributed by atoms with van der Waals surface area (Å²) in [5, 5.41) is 0. The third-order valence-corrected chi connectivity index (χ3v) is 3.73. The molecule has 0 saturated carbocycles. The van der Waals surface area contributed by atoms with Crippen molar-refractivity contribution in [2.45, 2.75) is 18.0 Å². The molecule has 0 N–H and O–H groups in total. The number of carbonyl (C=O) groups is 1. The van der Waals surface area contributed by atoms with Gasteiger partial charge >= 0.3 is 5.92 Å². The van der Waals surface area contributed by atoms with Crippen LogP contribution in [0, 0.1) is 5.82 Å². The zero-order chi connectivity index (χ0) is 15.3. The largest absolute Gasteiger partial charge is 0.347 e. The Bertz CT molecular complexity index is 711. The highest BCUT2D eigenvalue weighted by atomic mass is 19.3. The SMILES string of the molecule is O=C1c2cccc(F)c2C(F)(Cc2ccccc2)C1(F)F. The summed E-state index contributed by atoms with van der Waals surface area (Å²) in [4.78, 5) is 11.7. The number of hydrogen-bond acceptors (Lipinski definition) is 1. The molecular weight excluding hydrogens is 284 g/mol. The summed E-state index contributed by atoms with van der Waals surface area (Å²) in [7, 11) is 0. The van der Waals surface area contributed by atoms with Crippen molar-refractivity contribution in [2.75, 3.05) is 0 Å². The first-order valence-corrected chi connectivity index (χ1v) is 6.32. The molecular formula is C16H10F4O. The van der Waals surface area contributed by atoms with Gasteiger partial charge in [-0.05, 0) is 11.6 Å². The van der Waals surface area contributed by atoms with Gasteiger partial charge in [-0.1, -0.05) is 42.5 Å². The predicted octanol–water partition coefficient (Wildman–Crippen LogP) is 4.06. The van der Waals surface area contributed by atoms with Crippen LogP contribution >= 0.6 is 0 Å². The van der Waals surface area contributed by atoms with Crippen molar-refractivity contribution in [3.8, 4) is 0 Å². The van der Waals surface area contributed by atoms with Gasteiger partial charge in [-0.2, -0.15) is 8.78 Å². The van der Waals surface area contributed by atoms with E-state index in [-0.39, 0.29) is 5.56 Å².